The average molecular weight is 301 g/mol. The lowest BCUT2D eigenvalue weighted by molar-refractivity contribution is -0.132. The van der Waals surface area contributed by atoms with Crippen molar-refractivity contribution < 1.29 is 9.53 Å². The molecule has 116 valence electrons. The van der Waals surface area contributed by atoms with Crippen molar-refractivity contribution in [2.75, 3.05) is 12.0 Å². The topological polar surface area (TPSA) is 79.0 Å². The van der Waals surface area contributed by atoms with Gasteiger partial charge >= 0.3 is 0 Å². The normalized spacial score (nSPS) is 24.2. The lowest BCUT2D eigenvalue weighted by Crippen LogP contribution is -2.63. The Labute approximate surface area is 129 Å². The number of benzene rings is 1. The first-order chi connectivity index (χ1) is 10.6. The molecule has 22 heavy (non-hydrogen) atoms. The first-order valence-electron chi connectivity index (χ1n) is 7.39. The number of hydrogen-bond acceptors (Lipinski definition) is 6. The zero-order chi connectivity index (χ0) is 15.7. The Morgan fingerprint density at radius 3 is 2.36 bits per heavy atom. The highest BCUT2D eigenvalue weighted by Crippen LogP contribution is 2.40. The smallest absolute Gasteiger partial charge is 0.232 e. The van der Waals surface area contributed by atoms with E-state index < -0.39 is 0 Å². The summed E-state index contributed by atoms with van der Waals surface area (Å²) in [5, 5.41) is 15.0. The maximum atomic E-state index is 12.5. The fourth-order valence-corrected chi connectivity index (χ4v) is 3.11. The molecule has 0 spiro atoms. The molecule has 0 N–H and O–H groups in total. The summed E-state index contributed by atoms with van der Waals surface area (Å²) in [6.45, 7) is 4.14. The maximum Gasteiger partial charge on any atom is 0.232 e. The van der Waals surface area contributed by atoms with Gasteiger partial charge in [-0.05, 0) is 40.6 Å². The lowest BCUT2D eigenvalue weighted by Gasteiger charge is -2.49. The van der Waals surface area contributed by atoms with E-state index >= 15 is 0 Å². The Kier molecular flexibility index (Phi) is 3.87. The van der Waals surface area contributed by atoms with Gasteiger partial charge in [0.15, 0.2) is 6.17 Å². The number of amides is 1. The Bertz CT molecular complexity index is 599. The second-order valence-corrected chi connectivity index (χ2v) is 5.87. The van der Waals surface area contributed by atoms with Crippen molar-refractivity contribution in [2.24, 2.45) is 32.5 Å². The van der Waals surface area contributed by atoms with Crippen molar-refractivity contribution in [3.8, 4) is 5.75 Å². The summed E-state index contributed by atoms with van der Waals surface area (Å²) in [5.74, 6) is 1.19. The average Bonchev–Trinajstić information content (AvgIpc) is 3.00. The molecule has 1 saturated heterocycles. The van der Waals surface area contributed by atoms with E-state index in [0.29, 0.717) is 6.42 Å². The van der Waals surface area contributed by atoms with E-state index in [1.165, 1.54) is 0 Å². The van der Waals surface area contributed by atoms with Gasteiger partial charge in [-0.15, -0.1) is 10.2 Å². The van der Waals surface area contributed by atoms with Gasteiger partial charge in [-0.3, -0.25) is 4.79 Å². The fraction of sp³-hybridized carbons (Fsp3) is 0.533. The third kappa shape index (κ3) is 2.47. The van der Waals surface area contributed by atoms with Crippen LogP contribution in [0.5, 0.6) is 5.75 Å². The minimum atomic E-state index is -0.278. The fourth-order valence-electron chi connectivity index (χ4n) is 3.11. The Hall–Kier alpha value is -2.31. The second kappa shape index (κ2) is 5.82. The van der Waals surface area contributed by atoms with Crippen LogP contribution < -0.4 is 9.64 Å². The first-order valence-corrected chi connectivity index (χ1v) is 7.39. The van der Waals surface area contributed by atoms with Gasteiger partial charge in [0, 0.05) is 12.1 Å². The van der Waals surface area contributed by atoms with E-state index in [0.717, 1.165) is 11.4 Å². The molecule has 2 atom stereocenters. The van der Waals surface area contributed by atoms with Crippen molar-refractivity contribution in [3.63, 3.8) is 0 Å². The van der Waals surface area contributed by atoms with Crippen LogP contribution in [0.4, 0.5) is 5.69 Å². The van der Waals surface area contributed by atoms with Crippen LogP contribution in [0.2, 0.25) is 0 Å². The van der Waals surface area contributed by atoms with E-state index in [2.05, 4.69) is 34.5 Å². The van der Waals surface area contributed by atoms with E-state index in [9.17, 15) is 4.79 Å². The van der Waals surface area contributed by atoms with Crippen LogP contribution in [0.15, 0.2) is 44.9 Å². The molecule has 0 unspecified atom stereocenters. The predicted octanol–water partition coefficient (Wildman–Crippen LogP) is 3.23. The Morgan fingerprint density at radius 2 is 1.82 bits per heavy atom. The zero-order valence-corrected chi connectivity index (χ0v) is 12.9. The van der Waals surface area contributed by atoms with E-state index in [-0.39, 0.29) is 30.0 Å². The maximum absolute atomic E-state index is 12.5. The third-order valence-electron chi connectivity index (χ3n) is 4.20. The van der Waals surface area contributed by atoms with Crippen molar-refractivity contribution in [1.29, 1.82) is 0 Å². The largest absolute Gasteiger partial charge is 0.497 e. The summed E-state index contributed by atoms with van der Waals surface area (Å²) in [4.78, 5) is 14.4. The predicted molar refractivity (Wildman–Crippen MR) is 80.7 cm³/mol. The minimum absolute atomic E-state index is 0.00639. The standard InChI is InChI=1S/C15H19N5O2/c1-9(2)14-12(8-13-16-18-19-17-13)20(15(14)21)10-4-6-11(22-3)7-5-10/h4-7,9,12-14H,8H2,1-3H3/t12-,14+/m1/s1. The van der Waals surface area contributed by atoms with Gasteiger partial charge < -0.3 is 9.64 Å². The molecule has 7 heteroatoms. The summed E-state index contributed by atoms with van der Waals surface area (Å²) in [6.07, 6.45) is 0.369. The number of anilines is 1. The molecule has 2 aliphatic heterocycles. The Balaban J connectivity index is 1.82. The molecule has 3 rings (SSSR count). The molecule has 2 aliphatic rings. The van der Waals surface area contributed by atoms with E-state index in [1.54, 1.807) is 7.11 Å². The van der Waals surface area contributed by atoms with Gasteiger partial charge in [0.05, 0.1) is 19.1 Å². The third-order valence-corrected chi connectivity index (χ3v) is 4.20. The quantitative estimate of drug-likeness (QED) is 0.782. The van der Waals surface area contributed by atoms with Crippen molar-refractivity contribution in [1.82, 2.24) is 0 Å². The van der Waals surface area contributed by atoms with Crippen LogP contribution in [0.3, 0.4) is 0 Å². The summed E-state index contributed by atoms with van der Waals surface area (Å²) in [6, 6.07) is 7.59. The molecular weight excluding hydrogens is 282 g/mol. The van der Waals surface area contributed by atoms with Crippen LogP contribution in [0, 0.1) is 11.8 Å². The molecule has 1 aromatic rings. The molecule has 2 heterocycles. The van der Waals surface area contributed by atoms with Gasteiger partial charge in [-0.25, -0.2) is 0 Å². The molecule has 1 aromatic carbocycles. The van der Waals surface area contributed by atoms with Gasteiger partial charge in [-0.2, -0.15) is 0 Å². The number of β-lactam (4-membered cyclic amide) rings is 1. The molecule has 0 bridgehead atoms. The lowest BCUT2D eigenvalue weighted by atomic mass is 9.76. The van der Waals surface area contributed by atoms with Crippen molar-refractivity contribution in [3.05, 3.63) is 24.3 Å². The van der Waals surface area contributed by atoms with Crippen molar-refractivity contribution in [2.45, 2.75) is 32.5 Å². The molecule has 0 aromatic heterocycles. The molecule has 7 nitrogen and oxygen atoms in total. The summed E-state index contributed by atoms with van der Waals surface area (Å²) < 4.78 is 5.16. The Morgan fingerprint density at radius 1 is 1.18 bits per heavy atom. The molecule has 0 radical (unpaired) electrons. The number of carbonyl (C=O) groups excluding carboxylic acids is 1. The molecular formula is C15H19N5O2. The van der Waals surface area contributed by atoms with Crippen LogP contribution in [0.1, 0.15) is 20.3 Å². The van der Waals surface area contributed by atoms with Crippen molar-refractivity contribution >= 4 is 11.6 Å². The van der Waals surface area contributed by atoms with Crippen LogP contribution >= 0.6 is 0 Å². The molecule has 1 fully saturated rings. The van der Waals surface area contributed by atoms with E-state index in [1.807, 2.05) is 29.2 Å². The minimum Gasteiger partial charge on any atom is -0.497 e. The second-order valence-electron chi connectivity index (χ2n) is 5.87. The summed E-state index contributed by atoms with van der Waals surface area (Å²) in [7, 11) is 1.62. The van der Waals surface area contributed by atoms with Crippen LogP contribution in [-0.4, -0.2) is 25.2 Å². The van der Waals surface area contributed by atoms with Gasteiger partial charge in [-0.1, -0.05) is 13.8 Å². The molecule has 0 aliphatic carbocycles. The molecule has 0 saturated carbocycles. The zero-order valence-electron chi connectivity index (χ0n) is 12.9. The number of methoxy groups -OCH3 is 1. The highest BCUT2D eigenvalue weighted by molar-refractivity contribution is 6.03. The number of ether oxygens (including phenoxy) is 1. The number of rotatable bonds is 5. The SMILES string of the molecule is COc1ccc(N2C(=O)[C@@H](C(C)C)[C@H]2CC2N=NN=N2)cc1. The van der Waals surface area contributed by atoms with Crippen LogP contribution in [-0.2, 0) is 4.79 Å². The highest BCUT2D eigenvalue weighted by Gasteiger charge is 2.50. The summed E-state index contributed by atoms with van der Waals surface area (Å²) >= 11 is 0. The summed E-state index contributed by atoms with van der Waals surface area (Å²) in [5.41, 5.74) is 0.875. The van der Waals surface area contributed by atoms with Gasteiger partial charge in [0.2, 0.25) is 5.91 Å². The van der Waals surface area contributed by atoms with Gasteiger partial charge in [0.25, 0.3) is 0 Å². The van der Waals surface area contributed by atoms with E-state index in [4.69, 9.17) is 4.74 Å². The number of carbonyl (C=O) groups is 1. The molecule has 1 amide bonds. The number of nitrogens with zero attached hydrogens (tertiary/aromatic N) is 5. The van der Waals surface area contributed by atoms with Crippen LogP contribution in [0.25, 0.3) is 0 Å². The first kappa shape index (κ1) is 14.6. The van der Waals surface area contributed by atoms with Gasteiger partial charge in [0.1, 0.15) is 5.75 Å². The highest BCUT2D eigenvalue weighted by atomic mass is 16.5. The number of hydrogen-bond donors (Lipinski definition) is 0. The monoisotopic (exact) mass is 301 g/mol.